The minimum Gasteiger partial charge on any atom is -0.444 e. The van der Waals surface area contributed by atoms with Crippen LogP contribution in [0.1, 0.15) is 37.5 Å². The molecule has 2 aromatic rings. The minimum atomic E-state index is -4.37. The molecule has 30 heavy (non-hydrogen) atoms. The van der Waals surface area contributed by atoms with Crippen molar-refractivity contribution in [2.75, 3.05) is 18.0 Å². The number of carbonyl (C=O) groups excluding carboxylic acids is 1. The molecule has 162 valence electrons. The third-order valence-corrected chi connectivity index (χ3v) is 5.05. The first-order valence-electron chi connectivity index (χ1n) is 9.94. The fourth-order valence-electron chi connectivity index (χ4n) is 3.67. The molecule has 0 aliphatic carbocycles. The van der Waals surface area contributed by atoms with Gasteiger partial charge in [0.25, 0.3) is 0 Å². The SMILES string of the molecule is Cc1cccc2c1CC(CNC(=O)OC(C)(C)C)CN2c1ccc(C(F)(F)F)cc1. The van der Waals surface area contributed by atoms with Crippen molar-refractivity contribution in [1.29, 1.82) is 0 Å². The molecular weight excluding hydrogens is 393 g/mol. The van der Waals surface area contributed by atoms with Crippen LogP contribution < -0.4 is 10.2 Å². The number of alkyl halides is 3. The molecule has 1 unspecified atom stereocenters. The molecule has 1 amide bonds. The van der Waals surface area contributed by atoms with Crippen LogP contribution >= 0.6 is 0 Å². The van der Waals surface area contributed by atoms with Gasteiger partial charge in [0, 0.05) is 24.5 Å². The molecule has 2 aromatic carbocycles. The Kier molecular flexibility index (Phi) is 6.01. The number of halogens is 3. The first-order chi connectivity index (χ1) is 13.9. The standard InChI is InChI=1S/C23H27F3N2O2/c1-15-6-5-7-20-19(15)12-16(13-27-21(29)30-22(2,3)4)14-28(20)18-10-8-17(9-11-18)23(24,25)26/h5-11,16H,12-14H2,1-4H3,(H,27,29). The number of benzene rings is 2. The molecule has 0 spiro atoms. The highest BCUT2D eigenvalue weighted by Gasteiger charge is 2.31. The normalized spacial score (nSPS) is 16.8. The zero-order chi connectivity index (χ0) is 22.1. The van der Waals surface area contributed by atoms with E-state index in [1.807, 2.05) is 30.0 Å². The van der Waals surface area contributed by atoms with E-state index in [4.69, 9.17) is 4.74 Å². The number of aryl methyl sites for hydroxylation is 1. The van der Waals surface area contributed by atoms with Crippen LogP contribution in [0.4, 0.5) is 29.3 Å². The van der Waals surface area contributed by atoms with E-state index in [-0.39, 0.29) is 5.92 Å². The third-order valence-electron chi connectivity index (χ3n) is 5.05. The lowest BCUT2D eigenvalue weighted by Gasteiger charge is -2.37. The molecule has 0 fully saturated rings. The van der Waals surface area contributed by atoms with Crippen LogP contribution in [0.25, 0.3) is 0 Å². The zero-order valence-electron chi connectivity index (χ0n) is 17.6. The fourth-order valence-corrected chi connectivity index (χ4v) is 3.67. The molecule has 0 aromatic heterocycles. The quantitative estimate of drug-likeness (QED) is 0.677. The molecule has 4 nitrogen and oxygen atoms in total. The van der Waals surface area contributed by atoms with E-state index < -0.39 is 23.4 Å². The van der Waals surface area contributed by atoms with Crippen molar-refractivity contribution in [2.45, 2.75) is 45.9 Å². The summed E-state index contributed by atoms with van der Waals surface area (Å²) >= 11 is 0. The van der Waals surface area contributed by atoms with Gasteiger partial charge in [0.05, 0.1) is 5.56 Å². The first-order valence-corrected chi connectivity index (χ1v) is 9.94. The van der Waals surface area contributed by atoms with E-state index in [0.717, 1.165) is 35.4 Å². The molecule has 0 radical (unpaired) electrons. The molecular formula is C23H27F3N2O2. The summed E-state index contributed by atoms with van der Waals surface area (Å²) in [5.41, 5.74) is 2.69. The van der Waals surface area contributed by atoms with E-state index in [1.165, 1.54) is 12.1 Å². The maximum Gasteiger partial charge on any atom is 0.416 e. The summed E-state index contributed by atoms with van der Waals surface area (Å²) in [5.74, 6) is 0.0911. The van der Waals surface area contributed by atoms with Gasteiger partial charge in [0.2, 0.25) is 0 Å². The van der Waals surface area contributed by atoms with Gasteiger partial charge in [-0.15, -0.1) is 0 Å². The van der Waals surface area contributed by atoms with Crippen LogP contribution in [0.2, 0.25) is 0 Å². The molecule has 1 N–H and O–H groups in total. The number of nitrogens with one attached hydrogen (secondary N) is 1. The molecule has 1 atom stereocenters. The van der Waals surface area contributed by atoms with Gasteiger partial charge in [-0.25, -0.2) is 4.79 Å². The molecule has 1 aliphatic rings. The summed E-state index contributed by atoms with van der Waals surface area (Å²) in [6.07, 6.45) is -4.07. The predicted molar refractivity (Wildman–Crippen MR) is 111 cm³/mol. The monoisotopic (exact) mass is 420 g/mol. The molecule has 7 heteroatoms. The van der Waals surface area contributed by atoms with E-state index in [1.54, 1.807) is 20.8 Å². The highest BCUT2D eigenvalue weighted by atomic mass is 19.4. The second-order valence-electron chi connectivity index (χ2n) is 8.68. The van der Waals surface area contributed by atoms with E-state index in [0.29, 0.717) is 18.8 Å². The van der Waals surface area contributed by atoms with Gasteiger partial charge >= 0.3 is 12.3 Å². The lowest BCUT2D eigenvalue weighted by molar-refractivity contribution is -0.137. The number of hydrogen-bond donors (Lipinski definition) is 1. The largest absolute Gasteiger partial charge is 0.444 e. The van der Waals surface area contributed by atoms with Crippen LogP contribution in [0.5, 0.6) is 0 Å². The summed E-state index contributed by atoms with van der Waals surface area (Å²) in [6.45, 7) is 8.43. The second-order valence-corrected chi connectivity index (χ2v) is 8.68. The van der Waals surface area contributed by atoms with Crippen molar-refractivity contribution in [3.05, 3.63) is 59.2 Å². The number of fused-ring (bicyclic) bond motifs is 1. The summed E-state index contributed by atoms with van der Waals surface area (Å²) in [4.78, 5) is 14.1. The van der Waals surface area contributed by atoms with Crippen LogP contribution in [0, 0.1) is 12.8 Å². The van der Waals surface area contributed by atoms with E-state index >= 15 is 0 Å². The minimum absolute atomic E-state index is 0.0911. The smallest absolute Gasteiger partial charge is 0.416 e. The highest BCUT2D eigenvalue weighted by molar-refractivity contribution is 5.70. The van der Waals surface area contributed by atoms with E-state index in [2.05, 4.69) is 5.32 Å². The number of ether oxygens (including phenoxy) is 1. The Hall–Kier alpha value is -2.70. The number of nitrogens with zero attached hydrogens (tertiary/aromatic N) is 1. The second kappa shape index (κ2) is 8.20. The van der Waals surface area contributed by atoms with Crippen molar-refractivity contribution in [1.82, 2.24) is 5.32 Å². The van der Waals surface area contributed by atoms with E-state index in [9.17, 15) is 18.0 Å². The number of rotatable bonds is 3. The van der Waals surface area contributed by atoms with Gasteiger partial charge < -0.3 is 15.0 Å². The molecule has 1 heterocycles. The van der Waals surface area contributed by atoms with Crippen molar-refractivity contribution in [3.8, 4) is 0 Å². The average Bonchev–Trinajstić information content (AvgIpc) is 2.64. The van der Waals surface area contributed by atoms with Crippen LogP contribution in [0.3, 0.4) is 0 Å². The Morgan fingerprint density at radius 1 is 1.13 bits per heavy atom. The molecule has 0 bridgehead atoms. The zero-order valence-corrected chi connectivity index (χ0v) is 17.6. The highest BCUT2D eigenvalue weighted by Crippen LogP contribution is 2.38. The first kappa shape index (κ1) is 22.0. The molecule has 1 aliphatic heterocycles. The van der Waals surface area contributed by atoms with Crippen molar-refractivity contribution < 1.29 is 22.7 Å². The summed E-state index contributed by atoms with van der Waals surface area (Å²) < 4.78 is 44.1. The Bertz CT molecular complexity index is 902. The van der Waals surface area contributed by atoms with Crippen LogP contribution in [-0.4, -0.2) is 24.8 Å². The van der Waals surface area contributed by atoms with Gasteiger partial charge in [0.1, 0.15) is 5.60 Å². The molecule has 0 saturated carbocycles. The topological polar surface area (TPSA) is 41.6 Å². The molecule has 3 rings (SSSR count). The number of amides is 1. The molecule has 0 saturated heterocycles. The summed E-state index contributed by atoms with van der Waals surface area (Å²) in [7, 11) is 0. The van der Waals surface area contributed by atoms with Gasteiger partial charge in [-0.2, -0.15) is 13.2 Å². The lowest BCUT2D eigenvalue weighted by atomic mass is 9.89. The van der Waals surface area contributed by atoms with Gasteiger partial charge in [-0.05, 0) is 81.5 Å². The maximum atomic E-state index is 12.9. The maximum absolute atomic E-state index is 12.9. The lowest BCUT2D eigenvalue weighted by Crippen LogP contribution is -2.41. The van der Waals surface area contributed by atoms with Gasteiger partial charge in [-0.1, -0.05) is 12.1 Å². The third kappa shape index (κ3) is 5.26. The Morgan fingerprint density at radius 3 is 2.40 bits per heavy atom. The van der Waals surface area contributed by atoms with Crippen molar-refractivity contribution in [2.24, 2.45) is 5.92 Å². The fraction of sp³-hybridized carbons (Fsp3) is 0.435. The Morgan fingerprint density at radius 2 is 1.80 bits per heavy atom. The van der Waals surface area contributed by atoms with Crippen LogP contribution in [-0.2, 0) is 17.3 Å². The van der Waals surface area contributed by atoms with Crippen molar-refractivity contribution >= 4 is 17.5 Å². The van der Waals surface area contributed by atoms with Crippen molar-refractivity contribution in [3.63, 3.8) is 0 Å². The number of hydrogen-bond acceptors (Lipinski definition) is 3. The van der Waals surface area contributed by atoms with Gasteiger partial charge in [0.15, 0.2) is 0 Å². The summed E-state index contributed by atoms with van der Waals surface area (Å²) in [6, 6.07) is 11.2. The van der Waals surface area contributed by atoms with Crippen LogP contribution in [0.15, 0.2) is 42.5 Å². The number of anilines is 2. The predicted octanol–water partition coefficient (Wildman–Crippen LogP) is 5.85. The Labute approximate surface area is 175 Å². The summed E-state index contributed by atoms with van der Waals surface area (Å²) in [5, 5.41) is 2.82. The number of alkyl carbamates (subject to hydrolysis) is 1. The number of carbonyl (C=O) groups is 1. The Balaban J connectivity index is 1.82. The average molecular weight is 420 g/mol. The van der Waals surface area contributed by atoms with Gasteiger partial charge in [-0.3, -0.25) is 0 Å².